The van der Waals surface area contributed by atoms with Crippen molar-refractivity contribution in [2.24, 2.45) is 0 Å². The van der Waals surface area contributed by atoms with Crippen molar-refractivity contribution in [1.82, 2.24) is 0 Å². The van der Waals surface area contributed by atoms with Crippen molar-refractivity contribution >= 4 is 45.4 Å². The Bertz CT molecular complexity index is 697. The molecule has 116 valence electrons. The van der Waals surface area contributed by atoms with E-state index < -0.39 is 32.4 Å². The van der Waals surface area contributed by atoms with Crippen LogP contribution in [0, 0.1) is 0 Å². The van der Waals surface area contributed by atoms with Crippen molar-refractivity contribution in [2.75, 3.05) is 0 Å². The van der Waals surface area contributed by atoms with Crippen molar-refractivity contribution < 1.29 is 35.7 Å². The molecule has 1 rings (SSSR count). The zero-order valence-electron chi connectivity index (χ0n) is 9.69. The quantitative estimate of drug-likeness (QED) is 0.503. The third-order valence-corrected chi connectivity index (χ3v) is 3.81. The Labute approximate surface area is 126 Å². The van der Waals surface area contributed by atoms with E-state index in [-0.39, 0.29) is 10.6 Å². The van der Waals surface area contributed by atoms with Gasteiger partial charge in [0, 0.05) is 6.08 Å². The van der Waals surface area contributed by atoms with Gasteiger partial charge in [0.15, 0.2) is 5.75 Å². The molecule has 5 nitrogen and oxygen atoms in total. The Kier molecular flexibility index (Phi) is 5.13. The molecule has 0 aliphatic rings. The topological polar surface area (TPSA) is 80.7 Å². The first kappa shape index (κ1) is 17.6. The lowest BCUT2D eigenvalue weighted by atomic mass is 10.2. The highest BCUT2D eigenvalue weighted by molar-refractivity contribution is 7.88. The van der Waals surface area contributed by atoms with Gasteiger partial charge in [-0.3, -0.25) is 0 Å². The van der Waals surface area contributed by atoms with E-state index in [9.17, 15) is 26.4 Å². The summed E-state index contributed by atoms with van der Waals surface area (Å²) in [6.07, 6.45) is 1.74. The van der Waals surface area contributed by atoms with E-state index in [1.165, 1.54) is 0 Å². The molecule has 1 aromatic rings. The van der Waals surface area contributed by atoms with Gasteiger partial charge in [0.25, 0.3) is 0 Å². The summed E-state index contributed by atoms with van der Waals surface area (Å²) in [7, 11) is -5.88. The first-order chi connectivity index (χ1) is 9.45. The van der Waals surface area contributed by atoms with E-state index in [0.717, 1.165) is 18.2 Å². The standard InChI is InChI=1S/C10H5Cl2F3O5S/c11-8-5(2-4-7(16)17)1-3-6(9(8)12)20-21(18,19)10(13,14)15/h1-4H,(H,16,17)/b4-2+. The number of carboxylic acid groups (broad SMARTS) is 1. The maximum atomic E-state index is 12.2. The number of hydrogen-bond acceptors (Lipinski definition) is 4. The number of carboxylic acids is 1. The Morgan fingerprint density at radius 2 is 1.81 bits per heavy atom. The summed E-state index contributed by atoms with van der Waals surface area (Å²) in [6.45, 7) is 0. The maximum absolute atomic E-state index is 12.2. The highest BCUT2D eigenvalue weighted by Gasteiger charge is 2.48. The normalized spacial score (nSPS) is 12.6. The lowest BCUT2D eigenvalue weighted by Crippen LogP contribution is -2.28. The Morgan fingerprint density at radius 1 is 1.24 bits per heavy atom. The third-order valence-electron chi connectivity index (χ3n) is 1.97. The molecule has 21 heavy (non-hydrogen) atoms. The van der Waals surface area contributed by atoms with E-state index in [4.69, 9.17) is 28.3 Å². The number of halogens is 5. The van der Waals surface area contributed by atoms with E-state index in [1.54, 1.807) is 0 Å². The summed E-state index contributed by atoms with van der Waals surface area (Å²) in [4.78, 5) is 10.3. The fourth-order valence-electron chi connectivity index (χ4n) is 1.07. The van der Waals surface area contributed by atoms with Crippen molar-refractivity contribution in [2.45, 2.75) is 5.51 Å². The summed E-state index contributed by atoms with van der Waals surface area (Å²) >= 11 is 11.3. The zero-order valence-corrected chi connectivity index (χ0v) is 12.0. The maximum Gasteiger partial charge on any atom is 0.534 e. The van der Waals surface area contributed by atoms with Crippen LogP contribution in [-0.4, -0.2) is 25.0 Å². The predicted octanol–water partition coefficient (Wildman–Crippen LogP) is 3.32. The molecule has 0 saturated carbocycles. The van der Waals surface area contributed by atoms with Crippen LogP contribution >= 0.6 is 23.2 Å². The molecule has 1 aromatic carbocycles. The second-order valence-corrected chi connectivity index (χ2v) is 5.73. The number of hydrogen-bond donors (Lipinski definition) is 1. The van der Waals surface area contributed by atoms with Crippen molar-refractivity contribution in [3.63, 3.8) is 0 Å². The minimum absolute atomic E-state index is 0.0563. The van der Waals surface area contributed by atoms with Gasteiger partial charge in [-0.25, -0.2) is 4.79 Å². The minimum Gasteiger partial charge on any atom is -0.478 e. The van der Waals surface area contributed by atoms with Gasteiger partial charge in [-0.15, -0.1) is 0 Å². The zero-order chi connectivity index (χ0) is 16.4. The molecular formula is C10H5Cl2F3O5S. The molecule has 0 aliphatic heterocycles. The predicted molar refractivity (Wildman–Crippen MR) is 68.7 cm³/mol. The van der Waals surface area contributed by atoms with Gasteiger partial charge in [0.05, 0.1) is 5.02 Å². The average Bonchev–Trinajstić information content (AvgIpc) is 2.32. The van der Waals surface area contributed by atoms with E-state index in [1.807, 2.05) is 0 Å². The van der Waals surface area contributed by atoms with Gasteiger partial charge < -0.3 is 9.29 Å². The molecule has 0 saturated heterocycles. The molecule has 0 aliphatic carbocycles. The molecule has 1 N–H and O–H groups in total. The Balaban J connectivity index is 3.20. The van der Waals surface area contributed by atoms with Gasteiger partial charge in [-0.2, -0.15) is 21.6 Å². The highest BCUT2D eigenvalue weighted by Crippen LogP contribution is 2.37. The van der Waals surface area contributed by atoms with Crippen LogP contribution in [0.4, 0.5) is 13.2 Å². The van der Waals surface area contributed by atoms with Gasteiger partial charge in [0.2, 0.25) is 0 Å². The van der Waals surface area contributed by atoms with Gasteiger partial charge >= 0.3 is 21.6 Å². The van der Waals surface area contributed by atoms with Crippen LogP contribution in [0.25, 0.3) is 6.08 Å². The second kappa shape index (κ2) is 6.12. The fraction of sp³-hybridized carbons (Fsp3) is 0.100. The molecule has 0 atom stereocenters. The van der Waals surface area contributed by atoms with Crippen LogP contribution < -0.4 is 4.18 Å². The molecule has 0 aromatic heterocycles. The summed E-state index contributed by atoms with van der Waals surface area (Å²) in [5.74, 6) is -2.12. The highest BCUT2D eigenvalue weighted by atomic mass is 35.5. The molecule has 0 fully saturated rings. The molecule has 0 heterocycles. The number of carbonyl (C=O) groups is 1. The van der Waals surface area contributed by atoms with Crippen LogP contribution in [0.1, 0.15) is 5.56 Å². The molecule has 0 amide bonds. The summed E-state index contributed by atoms with van der Waals surface area (Å²) in [5.41, 5.74) is -5.56. The Morgan fingerprint density at radius 3 is 2.29 bits per heavy atom. The second-order valence-electron chi connectivity index (χ2n) is 3.44. The SMILES string of the molecule is O=C(O)/C=C/c1ccc(OS(=O)(=O)C(F)(F)F)c(Cl)c1Cl. The number of aliphatic carboxylic acids is 1. The van der Waals surface area contributed by atoms with Gasteiger partial charge in [0.1, 0.15) is 5.02 Å². The average molecular weight is 365 g/mol. The number of benzene rings is 1. The number of rotatable bonds is 4. The minimum atomic E-state index is -5.88. The molecule has 0 bridgehead atoms. The lowest BCUT2D eigenvalue weighted by molar-refractivity contribution is -0.131. The number of alkyl halides is 3. The van der Waals surface area contributed by atoms with E-state index >= 15 is 0 Å². The summed E-state index contributed by atoms with van der Waals surface area (Å²) in [6, 6.07) is 1.87. The third kappa shape index (κ3) is 4.26. The van der Waals surface area contributed by atoms with Crippen molar-refractivity contribution in [1.29, 1.82) is 0 Å². The largest absolute Gasteiger partial charge is 0.534 e. The van der Waals surface area contributed by atoms with Crippen LogP contribution in [0.2, 0.25) is 10.0 Å². The van der Waals surface area contributed by atoms with Crippen molar-refractivity contribution in [3.8, 4) is 5.75 Å². The molecule has 11 heteroatoms. The first-order valence-corrected chi connectivity index (χ1v) is 7.02. The molecule has 0 unspecified atom stereocenters. The lowest BCUT2D eigenvalue weighted by Gasteiger charge is -2.12. The van der Waals surface area contributed by atoms with E-state index in [2.05, 4.69) is 4.18 Å². The first-order valence-electron chi connectivity index (χ1n) is 4.85. The summed E-state index contributed by atoms with van der Waals surface area (Å²) in [5, 5.41) is 7.48. The fourth-order valence-corrected chi connectivity index (χ4v) is 2.01. The van der Waals surface area contributed by atoms with Crippen LogP contribution in [0.15, 0.2) is 18.2 Å². The molecule has 0 spiro atoms. The van der Waals surface area contributed by atoms with Gasteiger partial charge in [-0.05, 0) is 23.8 Å². The van der Waals surface area contributed by atoms with E-state index in [0.29, 0.717) is 6.08 Å². The Hall–Kier alpha value is -1.45. The molecular weight excluding hydrogens is 360 g/mol. The van der Waals surface area contributed by atoms with Crippen LogP contribution in [-0.2, 0) is 14.9 Å². The monoisotopic (exact) mass is 364 g/mol. The van der Waals surface area contributed by atoms with Gasteiger partial charge in [-0.1, -0.05) is 23.2 Å². The van der Waals surface area contributed by atoms with Crippen molar-refractivity contribution in [3.05, 3.63) is 33.8 Å². The van der Waals surface area contributed by atoms with Crippen LogP contribution in [0.3, 0.4) is 0 Å². The smallest absolute Gasteiger partial charge is 0.478 e. The molecule has 0 radical (unpaired) electrons. The summed E-state index contributed by atoms with van der Waals surface area (Å²) < 4.78 is 62.1. The van der Waals surface area contributed by atoms with Crippen LogP contribution in [0.5, 0.6) is 5.75 Å².